The van der Waals surface area contributed by atoms with Crippen molar-refractivity contribution in [1.29, 1.82) is 0 Å². The molecule has 6 rings (SSSR count). The fourth-order valence-corrected chi connectivity index (χ4v) is 5.88. The highest BCUT2D eigenvalue weighted by Crippen LogP contribution is 2.42. The number of amides is 1. The van der Waals surface area contributed by atoms with E-state index in [1.165, 1.54) is 12.3 Å². The Morgan fingerprint density at radius 1 is 1.12 bits per heavy atom. The Labute approximate surface area is 241 Å². The van der Waals surface area contributed by atoms with Crippen molar-refractivity contribution < 1.29 is 23.0 Å². The molecule has 4 heterocycles. The van der Waals surface area contributed by atoms with Crippen LogP contribution in [-0.2, 0) is 4.74 Å². The fourth-order valence-electron chi connectivity index (χ4n) is 5.61. The van der Waals surface area contributed by atoms with Crippen LogP contribution in [0.15, 0.2) is 36.5 Å². The van der Waals surface area contributed by atoms with Crippen LogP contribution in [0.3, 0.4) is 0 Å². The molecule has 2 aliphatic rings. The summed E-state index contributed by atoms with van der Waals surface area (Å²) in [5.74, 6) is -0.807. The van der Waals surface area contributed by atoms with Gasteiger partial charge in [-0.25, -0.2) is 13.6 Å². The lowest BCUT2D eigenvalue weighted by Crippen LogP contribution is -2.63. The third-order valence-corrected chi connectivity index (χ3v) is 7.74. The minimum absolute atomic E-state index is 0.00537. The first kappa shape index (κ1) is 27.4. The Hall–Kier alpha value is -3.79. The largest absolute Gasteiger partial charge is 0.461 e. The Balaban J connectivity index is 1.43. The zero-order valence-electron chi connectivity index (χ0n) is 23.4. The first-order valence-corrected chi connectivity index (χ1v) is 14.0. The van der Waals surface area contributed by atoms with E-state index >= 15 is 4.39 Å². The van der Waals surface area contributed by atoms with Gasteiger partial charge in [0.2, 0.25) is 0 Å². The van der Waals surface area contributed by atoms with Gasteiger partial charge in [-0.05, 0) is 52.5 Å². The summed E-state index contributed by atoms with van der Waals surface area (Å²) in [6.45, 7) is 10.2. The Morgan fingerprint density at radius 3 is 2.63 bits per heavy atom. The second-order valence-electron chi connectivity index (χ2n) is 11.7. The topological polar surface area (TPSA) is 80.7 Å². The van der Waals surface area contributed by atoms with Crippen LogP contribution in [0.1, 0.15) is 41.0 Å². The number of nitrogens with zero attached hydrogens (tertiary/aromatic N) is 5. The van der Waals surface area contributed by atoms with E-state index in [4.69, 9.17) is 21.1 Å². The smallest absolute Gasteiger partial charge is 0.410 e. The van der Waals surface area contributed by atoms with Crippen LogP contribution < -0.4 is 9.64 Å². The lowest BCUT2D eigenvalue weighted by atomic mass is 9.96. The van der Waals surface area contributed by atoms with E-state index in [2.05, 4.69) is 15.0 Å². The molecule has 11 heteroatoms. The molecule has 0 radical (unpaired) electrons. The summed E-state index contributed by atoms with van der Waals surface area (Å²) >= 11 is 6.33. The van der Waals surface area contributed by atoms with Gasteiger partial charge in [0, 0.05) is 30.2 Å². The van der Waals surface area contributed by atoms with E-state index < -0.39 is 17.2 Å². The van der Waals surface area contributed by atoms with Crippen LogP contribution >= 0.6 is 11.6 Å². The number of carbonyl (C=O) groups is 1. The number of aromatic nitrogens is 3. The third kappa shape index (κ3) is 4.77. The molecule has 0 saturated carbocycles. The van der Waals surface area contributed by atoms with Crippen molar-refractivity contribution in [2.75, 3.05) is 18.0 Å². The number of halogens is 3. The van der Waals surface area contributed by atoms with Gasteiger partial charge in [-0.15, -0.1) is 0 Å². The van der Waals surface area contributed by atoms with Crippen molar-refractivity contribution in [3.05, 3.63) is 53.2 Å². The molecule has 2 atom stereocenters. The number of benzene rings is 2. The third-order valence-electron chi connectivity index (χ3n) is 7.37. The maximum absolute atomic E-state index is 16.4. The van der Waals surface area contributed by atoms with Gasteiger partial charge in [0.1, 0.15) is 28.4 Å². The molecule has 0 unspecified atom stereocenters. The molecule has 2 fully saturated rings. The second-order valence-corrected chi connectivity index (χ2v) is 12.1. The summed E-state index contributed by atoms with van der Waals surface area (Å²) in [6.07, 6.45) is 1.65. The number of hydrogen-bond acceptors (Lipinski definition) is 7. The van der Waals surface area contributed by atoms with E-state index in [1.807, 2.05) is 39.5 Å². The van der Waals surface area contributed by atoms with E-state index in [9.17, 15) is 9.18 Å². The molecule has 214 valence electrons. The number of pyridine rings is 1. The van der Waals surface area contributed by atoms with Crippen LogP contribution in [-0.4, -0.2) is 62.8 Å². The average molecular weight is 582 g/mol. The quantitative estimate of drug-likeness (QED) is 0.263. The van der Waals surface area contributed by atoms with E-state index in [-0.39, 0.29) is 46.5 Å². The number of likely N-dealkylation sites (tertiary alicyclic amines) is 1. The molecule has 2 saturated heterocycles. The molecule has 2 aromatic heterocycles. The summed E-state index contributed by atoms with van der Waals surface area (Å²) < 4.78 is 42.2. The highest BCUT2D eigenvalue weighted by Gasteiger charge is 2.50. The summed E-state index contributed by atoms with van der Waals surface area (Å²) in [4.78, 5) is 30.1. The molecule has 8 nitrogen and oxygen atoms in total. The SMILES string of the molecule is CC(C)Oc1nc(N2C[C@@H]3[C@H]2CCN3C(=O)OC(C)(C)C)c2cnc(-c3cccc4ccc(F)c(Cl)c34)c(F)c2n1. The lowest BCUT2D eigenvalue weighted by Gasteiger charge is -2.47. The first-order chi connectivity index (χ1) is 19.4. The second kappa shape index (κ2) is 9.94. The number of hydrogen-bond donors (Lipinski definition) is 0. The van der Waals surface area contributed by atoms with Crippen molar-refractivity contribution in [2.45, 2.75) is 64.8 Å². The van der Waals surface area contributed by atoms with Crippen LogP contribution in [0.4, 0.5) is 19.4 Å². The minimum atomic E-state index is -0.688. The lowest BCUT2D eigenvalue weighted by molar-refractivity contribution is 0.0193. The molecule has 4 aromatic rings. The molecule has 2 aromatic carbocycles. The maximum atomic E-state index is 16.4. The highest BCUT2D eigenvalue weighted by molar-refractivity contribution is 6.36. The van der Waals surface area contributed by atoms with Gasteiger partial charge < -0.3 is 19.3 Å². The molecule has 0 aliphatic carbocycles. The molecule has 1 amide bonds. The van der Waals surface area contributed by atoms with Crippen molar-refractivity contribution in [2.24, 2.45) is 0 Å². The van der Waals surface area contributed by atoms with Gasteiger partial charge in [0.15, 0.2) is 5.82 Å². The molecule has 41 heavy (non-hydrogen) atoms. The normalized spacial score (nSPS) is 18.7. The maximum Gasteiger partial charge on any atom is 0.410 e. The number of ether oxygens (including phenoxy) is 2. The van der Waals surface area contributed by atoms with Crippen molar-refractivity contribution in [1.82, 2.24) is 19.9 Å². The molecular weight excluding hydrogens is 552 g/mol. The summed E-state index contributed by atoms with van der Waals surface area (Å²) in [5.41, 5.74) is -0.212. The Kier molecular flexibility index (Phi) is 6.64. The molecule has 0 N–H and O–H groups in total. The summed E-state index contributed by atoms with van der Waals surface area (Å²) in [7, 11) is 0. The highest BCUT2D eigenvalue weighted by atomic mass is 35.5. The minimum Gasteiger partial charge on any atom is -0.461 e. The van der Waals surface area contributed by atoms with Crippen LogP contribution in [0, 0.1) is 11.6 Å². The number of fused-ring (bicyclic) bond motifs is 3. The van der Waals surface area contributed by atoms with Crippen molar-refractivity contribution in [3.63, 3.8) is 0 Å². The number of anilines is 1. The predicted molar refractivity (Wildman–Crippen MR) is 153 cm³/mol. The summed E-state index contributed by atoms with van der Waals surface area (Å²) in [5, 5.41) is 1.33. The van der Waals surface area contributed by atoms with Crippen molar-refractivity contribution in [3.8, 4) is 17.3 Å². The Bertz CT molecular complexity index is 1690. The molecule has 0 bridgehead atoms. The average Bonchev–Trinajstić information content (AvgIpc) is 3.21. The van der Waals surface area contributed by atoms with Gasteiger partial charge in [-0.1, -0.05) is 35.9 Å². The standard InChI is InChI=1S/C30H30ClF2N5O3/c1-15(2)40-28-35-26-18(27(36-28)38-14-21-20(38)11-12-37(21)29(39)41-30(3,4)5)13-34-25(24(26)33)17-8-6-7-16-9-10-19(32)23(31)22(16)17/h6-10,13,15,20-21H,11-12,14H2,1-5H3/t20-,21-/m1/s1. The molecule has 2 aliphatic heterocycles. The van der Waals surface area contributed by atoms with Crippen molar-refractivity contribution >= 4 is 45.2 Å². The van der Waals surface area contributed by atoms with Gasteiger partial charge in [0.25, 0.3) is 0 Å². The van der Waals surface area contributed by atoms with Crippen LogP contribution in [0.2, 0.25) is 5.02 Å². The van der Waals surface area contributed by atoms with E-state index in [1.54, 1.807) is 29.2 Å². The van der Waals surface area contributed by atoms with Gasteiger partial charge in [-0.2, -0.15) is 9.97 Å². The zero-order valence-corrected chi connectivity index (χ0v) is 24.2. The predicted octanol–water partition coefficient (Wildman–Crippen LogP) is 6.76. The Morgan fingerprint density at radius 2 is 1.90 bits per heavy atom. The van der Waals surface area contributed by atoms with E-state index in [0.717, 1.165) is 0 Å². The zero-order chi connectivity index (χ0) is 29.2. The van der Waals surface area contributed by atoms with Gasteiger partial charge in [0.05, 0.1) is 28.6 Å². The molecular formula is C30H30ClF2N5O3. The first-order valence-electron chi connectivity index (χ1n) is 13.6. The van der Waals surface area contributed by atoms with Crippen LogP contribution in [0.25, 0.3) is 32.9 Å². The summed E-state index contributed by atoms with van der Waals surface area (Å²) in [6, 6.07) is 8.02. The number of rotatable bonds is 4. The van der Waals surface area contributed by atoms with Crippen LogP contribution in [0.5, 0.6) is 6.01 Å². The van der Waals surface area contributed by atoms with Gasteiger partial charge in [-0.3, -0.25) is 4.98 Å². The fraction of sp³-hybridized carbons (Fsp3) is 0.400. The van der Waals surface area contributed by atoms with Gasteiger partial charge >= 0.3 is 12.1 Å². The number of carbonyl (C=O) groups excluding carboxylic acids is 1. The van der Waals surface area contributed by atoms with E-state index in [0.29, 0.717) is 47.1 Å². The monoisotopic (exact) mass is 581 g/mol. The molecule has 0 spiro atoms.